The summed E-state index contributed by atoms with van der Waals surface area (Å²) >= 11 is 0. The zero-order valence-corrected chi connectivity index (χ0v) is 20.8. The van der Waals surface area contributed by atoms with E-state index in [1.54, 1.807) is 38.1 Å². The minimum absolute atomic E-state index is 0. The molecule has 0 aliphatic carbocycles. The van der Waals surface area contributed by atoms with Gasteiger partial charge >= 0.3 is 6.36 Å². The normalized spacial score (nSPS) is 11.6. The van der Waals surface area contributed by atoms with Crippen molar-refractivity contribution in [2.24, 2.45) is 7.05 Å². The van der Waals surface area contributed by atoms with Crippen LogP contribution in [0.2, 0.25) is 0 Å². The lowest BCUT2D eigenvalue weighted by molar-refractivity contribution is -0.274. The number of aryl methyl sites for hydroxylation is 1. The summed E-state index contributed by atoms with van der Waals surface area (Å²) in [6.45, 7) is 3.50. The lowest BCUT2D eigenvalue weighted by atomic mass is 10.0. The molecule has 2 aromatic heterocycles. The Hall–Kier alpha value is -4.32. The van der Waals surface area contributed by atoms with Crippen molar-refractivity contribution >= 4 is 28.6 Å². The predicted molar refractivity (Wildman–Crippen MR) is 139 cm³/mol. The molecule has 2 aromatic carbocycles. The van der Waals surface area contributed by atoms with Crippen molar-refractivity contribution < 1.29 is 35.4 Å². The molecule has 0 saturated heterocycles. The number of benzene rings is 2. The maximum Gasteiger partial charge on any atom is 0.573 e. The van der Waals surface area contributed by atoms with Gasteiger partial charge in [0.1, 0.15) is 22.9 Å². The van der Waals surface area contributed by atoms with Crippen molar-refractivity contribution in [2.45, 2.75) is 26.1 Å². The van der Waals surface area contributed by atoms with Gasteiger partial charge in [-0.25, -0.2) is 4.98 Å². The molecule has 0 aliphatic rings. The summed E-state index contributed by atoms with van der Waals surface area (Å²) < 4.78 is 50.2. The van der Waals surface area contributed by atoms with Crippen LogP contribution in [0.3, 0.4) is 0 Å². The smallest absolute Gasteiger partial charge is 0.457 e. The molecule has 12 heteroatoms. The van der Waals surface area contributed by atoms with Gasteiger partial charge in [0.25, 0.3) is 5.91 Å². The minimum Gasteiger partial charge on any atom is -0.457 e. The van der Waals surface area contributed by atoms with Gasteiger partial charge < -0.3 is 29.8 Å². The zero-order valence-electron chi connectivity index (χ0n) is 20.8. The van der Waals surface area contributed by atoms with E-state index in [1.807, 2.05) is 17.7 Å². The van der Waals surface area contributed by atoms with E-state index in [2.05, 4.69) is 25.3 Å². The Kier molecular flexibility index (Phi) is 7.72. The van der Waals surface area contributed by atoms with Crippen LogP contribution in [0.1, 0.15) is 38.7 Å². The molecule has 1 amide bonds. The first-order valence-corrected chi connectivity index (χ1v) is 11.7. The van der Waals surface area contributed by atoms with Crippen LogP contribution in [-0.4, -0.2) is 45.1 Å². The molecule has 0 aliphatic heterocycles. The van der Waals surface area contributed by atoms with Gasteiger partial charge in [0, 0.05) is 40.5 Å². The molecule has 4 aromatic rings. The Morgan fingerprint density at radius 3 is 2.61 bits per heavy atom. The Labute approximate surface area is 219 Å². The number of aromatic nitrogens is 3. The van der Waals surface area contributed by atoms with E-state index in [1.165, 1.54) is 24.4 Å². The first-order chi connectivity index (χ1) is 18.0. The largest absolute Gasteiger partial charge is 0.573 e. The lowest BCUT2D eigenvalue weighted by Crippen LogP contribution is -2.27. The predicted octanol–water partition coefficient (Wildman–Crippen LogP) is 5.74. The van der Waals surface area contributed by atoms with Crippen LogP contribution < -0.4 is 20.1 Å². The van der Waals surface area contributed by atoms with E-state index >= 15 is 0 Å². The molecule has 0 spiro atoms. The third kappa shape index (κ3) is 6.32. The number of nitrogens with one attached hydrogen (secondary N) is 2. The number of halogens is 3. The fraction of sp³-hybridized carbons (Fsp3) is 0.269. The summed E-state index contributed by atoms with van der Waals surface area (Å²) in [6.07, 6.45) is -3.33. The number of aliphatic hydroxyl groups is 1. The summed E-state index contributed by atoms with van der Waals surface area (Å²) in [5.74, 6) is 0.469. The number of imidazole rings is 1. The molecule has 9 nitrogen and oxygen atoms in total. The molecule has 0 bridgehead atoms. The third-order valence-electron chi connectivity index (χ3n) is 5.56. The van der Waals surface area contributed by atoms with Gasteiger partial charge in [-0.3, -0.25) is 9.78 Å². The molecule has 3 N–H and O–H groups in total. The van der Waals surface area contributed by atoms with Crippen LogP contribution >= 0.6 is 0 Å². The van der Waals surface area contributed by atoms with Crippen LogP contribution in [0.25, 0.3) is 11.0 Å². The van der Waals surface area contributed by atoms with Crippen molar-refractivity contribution in [1.82, 2.24) is 19.9 Å². The number of hydrogen-bond acceptors (Lipinski definition) is 7. The second-order valence-electron chi connectivity index (χ2n) is 8.68. The van der Waals surface area contributed by atoms with Crippen molar-refractivity contribution in [2.75, 3.05) is 18.5 Å². The molecule has 0 radical (unpaired) electrons. The van der Waals surface area contributed by atoms with E-state index in [0.717, 1.165) is 5.52 Å². The average Bonchev–Trinajstić information content (AvgIpc) is 3.16. The summed E-state index contributed by atoms with van der Waals surface area (Å²) in [6, 6.07) is 12.8. The minimum atomic E-state index is -4.78. The number of aliphatic hydroxyl groups excluding tert-OH is 1. The standard InChI is InChI=1S/C26H26F3N5O4.2H2/c1-15(2)19-12-16(4-7-23(19)38-26(27,28)29)32-25-33-20-13-17(5-6-22(20)34(25)3)37-18-8-9-30-21(14-18)24(36)31-10-11-35;;/h4-9,12-15,35H,10-11H2,1-3H3,(H,31,36)(H,32,33);2*1H. The van der Waals surface area contributed by atoms with E-state index in [9.17, 15) is 18.0 Å². The van der Waals surface area contributed by atoms with E-state index in [4.69, 9.17) is 9.84 Å². The number of alkyl halides is 3. The van der Waals surface area contributed by atoms with Crippen LogP contribution in [-0.2, 0) is 7.05 Å². The van der Waals surface area contributed by atoms with Gasteiger partial charge in [-0.2, -0.15) is 0 Å². The van der Waals surface area contributed by atoms with Crippen molar-refractivity contribution in [3.05, 3.63) is 66.0 Å². The Morgan fingerprint density at radius 2 is 1.89 bits per heavy atom. The number of ether oxygens (including phenoxy) is 2. The summed E-state index contributed by atoms with van der Waals surface area (Å²) in [5.41, 5.74) is 2.52. The number of nitrogens with zero attached hydrogens (tertiary/aromatic N) is 3. The van der Waals surface area contributed by atoms with Gasteiger partial charge in [-0.15, -0.1) is 13.2 Å². The van der Waals surface area contributed by atoms with Gasteiger partial charge in [-0.05, 0) is 47.9 Å². The molecule has 0 saturated carbocycles. The number of fused-ring (bicyclic) bond motifs is 1. The second kappa shape index (κ2) is 11.0. The quantitative estimate of drug-likeness (QED) is 0.252. The van der Waals surface area contributed by atoms with Crippen molar-refractivity contribution in [3.8, 4) is 17.2 Å². The van der Waals surface area contributed by atoms with Gasteiger partial charge in [-0.1, -0.05) is 13.8 Å². The molecule has 204 valence electrons. The topological polar surface area (TPSA) is 111 Å². The molecule has 4 rings (SSSR count). The maximum absolute atomic E-state index is 12.8. The highest BCUT2D eigenvalue weighted by Crippen LogP contribution is 2.34. The number of rotatable bonds is 9. The highest BCUT2D eigenvalue weighted by Gasteiger charge is 2.32. The maximum atomic E-state index is 12.8. The highest BCUT2D eigenvalue weighted by molar-refractivity contribution is 5.92. The number of amides is 1. The first kappa shape index (κ1) is 26.7. The fourth-order valence-electron chi connectivity index (χ4n) is 3.77. The van der Waals surface area contributed by atoms with Crippen LogP contribution in [0.15, 0.2) is 54.7 Å². The number of anilines is 2. The number of pyridine rings is 1. The van der Waals surface area contributed by atoms with Crippen LogP contribution in [0.4, 0.5) is 24.8 Å². The fourth-order valence-corrected chi connectivity index (χ4v) is 3.77. The van der Waals surface area contributed by atoms with E-state index in [-0.39, 0.29) is 33.4 Å². The molecule has 0 atom stereocenters. The summed E-state index contributed by atoms with van der Waals surface area (Å²) in [7, 11) is 1.81. The highest BCUT2D eigenvalue weighted by atomic mass is 19.4. The SMILES string of the molecule is CC(C)c1cc(Nc2nc3cc(Oc4ccnc(C(=O)NCCO)c4)ccc3n2C)ccc1OC(F)(F)F.[HH].[HH]. The van der Waals surface area contributed by atoms with Crippen LogP contribution in [0, 0.1) is 0 Å². The molecule has 0 fully saturated rings. The van der Waals surface area contributed by atoms with Gasteiger partial charge in [0.15, 0.2) is 0 Å². The molecule has 0 unspecified atom stereocenters. The molecule has 2 heterocycles. The monoisotopic (exact) mass is 533 g/mol. The summed E-state index contributed by atoms with van der Waals surface area (Å²) in [5, 5.41) is 14.6. The third-order valence-corrected chi connectivity index (χ3v) is 5.56. The summed E-state index contributed by atoms with van der Waals surface area (Å²) in [4.78, 5) is 20.7. The molecular weight excluding hydrogens is 503 g/mol. The van der Waals surface area contributed by atoms with Gasteiger partial charge in [0.2, 0.25) is 5.95 Å². The number of hydrogen-bond donors (Lipinski definition) is 3. The molecular formula is C26H30F3N5O4. The van der Waals surface area contributed by atoms with Crippen molar-refractivity contribution in [3.63, 3.8) is 0 Å². The average molecular weight is 534 g/mol. The second-order valence-corrected chi connectivity index (χ2v) is 8.68. The first-order valence-electron chi connectivity index (χ1n) is 11.7. The lowest BCUT2D eigenvalue weighted by Gasteiger charge is -2.17. The number of carbonyl (C=O) groups is 1. The van der Waals surface area contributed by atoms with E-state index in [0.29, 0.717) is 34.2 Å². The number of carbonyl (C=O) groups excluding carboxylic acids is 1. The van der Waals surface area contributed by atoms with E-state index < -0.39 is 12.3 Å². The zero-order chi connectivity index (χ0) is 27.4. The Bertz CT molecular complexity index is 1460. The van der Waals surface area contributed by atoms with Gasteiger partial charge in [0.05, 0.1) is 17.6 Å². The molecule has 38 heavy (non-hydrogen) atoms. The van der Waals surface area contributed by atoms with Crippen molar-refractivity contribution in [1.29, 1.82) is 0 Å². The Balaban J connectivity index is 0.00000280. The Morgan fingerprint density at radius 1 is 1.13 bits per heavy atom. The van der Waals surface area contributed by atoms with Crippen LogP contribution in [0.5, 0.6) is 17.2 Å².